The van der Waals surface area contributed by atoms with Crippen molar-refractivity contribution in [1.82, 2.24) is 30.0 Å². The van der Waals surface area contributed by atoms with E-state index >= 15 is 0 Å². The maximum Gasteiger partial charge on any atom is 0.282 e. The summed E-state index contributed by atoms with van der Waals surface area (Å²) in [6, 6.07) is 18.0. The van der Waals surface area contributed by atoms with Crippen molar-refractivity contribution in [2.45, 2.75) is 132 Å². The summed E-state index contributed by atoms with van der Waals surface area (Å²) in [4.78, 5) is 56.3. The van der Waals surface area contributed by atoms with Crippen molar-refractivity contribution in [1.29, 1.82) is 0 Å². The molecule has 5 aliphatic heterocycles. The minimum Gasteiger partial charge on any atom is -0.492 e. The van der Waals surface area contributed by atoms with Crippen molar-refractivity contribution in [3.05, 3.63) is 97.5 Å². The van der Waals surface area contributed by atoms with Crippen LogP contribution < -0.4 is 20.9 Å². The second kappa shape index (κ2) is 18.0. The van der Waals surface area contributed by atoms with Gasteiger partial charge in [0.1, 0.15) is 17.9 Å². The molecular formula is C52H63ClN6O5. The van der Waals surface area contributed by atoms with E-state index in [0.717, 1.165) is 105 Å². The number of halogens is 1. The third kappa shape index (κ3) is 7.77. The fraction of sp³-hybridized carbons (Fsp3) is 0.558. The zero-order chi connectivity index (χ0) is 44.0. The molecule has 11 rings (SSSR count). The van der Waals surface area contributed by atoms with Crippen molar-refractivity contribution >= 4 is 40.6 Å². The molecule has 3 aromatic carbocycles. The lowest BCUT2D eigenvalue weighted by Crippen LogP contribution is -2.47. The van der Waals surface area contributed by atoms with Crippen LogP contribution in [0.15, 0.2) is 53.3 Å². The molecule has 2 saturated heterocycles. The normalized spacial score (nSPS) is 24.2. The molecule has 11 nitrogen and oxygen atoms in total. The molecule has 12 heteroatoms. The Hall–Kier alpha value is -4.58. The highest BCUT2D eigenvalue weighted by atomic mass is 35.5. The molecule has 338 valence electrons. The molecule has 4 fully saturated rings. The predicted octanol–water partition coefficient (Wildman–Crippen LogP) is 8.11. The average Bonchev–Trinajstić information content (AvgIpc) is 3.97. The molecule has 1 aromatic heterocycles. The van der Waals surface area contributed by atoms with Crippen LogP contribution in [0.4, 0.5) is 0 Å². The molecule has 6 heterocycles. The number of rotatable bonds is 8. The number of ether oxygens (including phenoxy) is 1. The molecule has 2 spiro atoms. The van der Waals surface area contributed by atoms with Gasteiger partial charge in [0.25, 0.3) is 11.5 Å². The number of aldehydes is 1. The Labute approximate surface area is 381 Å². The van der Waals surface area contributed by atoms with Crippen LogP contribution in [0.25, 0.3) is 16.6 Å². The van der Waals surface area contributed by atoms with Crippen LogP contribution >= 0.6 is 11.6 Å². The van der Waals surface area contributed by atoms with E-state index < -0.39 is 0 Å². The summed E-state index contributed by atoms with van der Waals surface area (Å²) in [5.74, 6) is 3.24. The Kier molecular flexibility index (Phi) is 12.2. The van der Waals surface area contributed by atoms with E-state index in [9.17, 15) is 19.2 Å². The minimum atomic E-state index is -0.196. The molecule has 2 saturated carbocycles. The number of carbonyl (C=O) groups is 3. The molecule has 2 aliphatic carbocycles. The minimum absolute atomic E-state index is 0.00292. The third-order valence-electron chi connectivity index (χ3n) is 16.4. The van der Waals surface area contributed by atoms with Gasteiger partial charge in [-0.1, -0.05) is 55.1 Å². The molecular weight excluding hydrogens is 824 g/mol. The number of amides is 2. The summed E-state index contributed by atoms with van der Waals surface area (Å²) in [5, 5.41) is 6.47. The number of piperidine rings is 2. The molecule has 7 aliphatic rings. The number of carbonyl (C=O) groups excluding carboxylic acids is 3. The Bertz CT molecular complexity index is 2500. The summed E-state index contributed by atoms with van der Waals surface area (Å²) in [6.07, 6.45) is 18.1. The van der Waals surface area contributed by atoms with Gasteiger partial charge in [0.2, 0.25) is 5.91 Å². The molecule has 0 radical (unpaired) electrons. The highest BCUT2D eigenvalue weighted by Gasteiger charge is 2.48. The largest absolute Gasteiger partial charge is 0.492 e. The molecule has 4 aromatic rings. The van der Waals surface area contributed by atoms with E-state index in [1.54, 1.807) is 7.05 Å². The fourth-order valence-electron chi connectivity index (χ4n) is 12.8. The van der Waals surface area contributed by atoms with Gasteiger partial charge in [0, 0.05) is 67.7 Å². The first-order valence-corrected chi connectivity index (χ1v) is 24.6. The van der Waals surface area contributed by atoms with Gasteiger partial charge < -0.3 is 25.1 Å². The topological polar surface area (TPSA) is 126 Å². The van der Waals surface area contributed by atoms with Crippen LogP contribution in [0.3, 0.4) is 0 Å². The average molecular weight is 888 g/mol. The number of unbranched alkanes of at least 4 members (excludes halogenated alkanes) is 1. The number of likely N-dealkylation sites (tertiary alicyclic amines) is 2. The summed E-state index contributed by atoms with van der Waals surface area (Å²) in [5.41, 5.74) is 7.82. The highest BCUT2D eigenvalue weighted by Crippen LogP contribution is 2.53. The van der Waals surface area contributed by atoms with Crippen molar-refractivity contribution in [3.8, 4) is 11.4 Å². The standard InChI is InChI=1S/C46H52ClN5O3.C6H11NO2/c47-37-7-4-8-38-40(37)43(54)49-44-46(17-2-1-3-18-46)35-15-11-30(24-39(35)52(38)44)31-6-5-21-51(27-31)32-12-9-29(10-13-32)26-50-22-19-45(20-23-50)28-55-41-34-25-48-42(53)33(34)14-16-36(41)45;1-7-6(9)4-2-3-5-8/h4,7-8,11,14-16,24,29,31-32H,1-3,5-6,9-10,12-13,17-23,25-28H2,(H,48,53);5H,2-4H2,1H3,(H,7,9). The highest BCUT2D eigenvalue weighted by molar-refractivity contribution is 6.35. The molecule has 1 unspecified atom stereocenters. The summed E-state index contributed by atoms with van der Waals surface area (Å²) in [6.45, 7) is 7.18. The second-order valence-corrected chi connectivity index (χ2v) is 20.3. The lowest BCUT2D eigenvalue weighted by molar-refractivity contribution is -0.120. The van der Waals surface area contributed by atoms with Crippen molar-refractivity contribution in [3.63, 3.8) is 0 Å². The first-order valence-electron chi connectivity index (χ1n) is 24.3. The van der Waals surface area contributed by atoms with Crippen LogP contribution in [0, 0.1) is 5.92 Å². The smallest absolute Gasteiger partial charge is 0.282 e. The third-order valence-corrected chi connectivity index (χ3v) is 16.7. The first-order chi connectivity index (χ1) is 31.2. The van der Waals surface area contributed by atoms with Gasteiger partial charge in [-0.15, -0.1) is 0 Å². The number of hydrogen-bond acceptors (Lipinski definition) is 8. The van der Waals surface area contributed by atoms with E-state index in [0.29, 0.717) is 48.2 Å². The molecule has 64 heavy (non-hydrogen) atoms. The Balaban J connectivity index is 0.000000489. The lowest BCUT2D eigenvalue weighted by Gasteiger charge is -2.43. The fourth-order valence-corrected chi connectivity index (χ4v) is 13.1. The number of benzene rings is 3. The number of hydrogen-bond donors (Lipinski definition) is 2. The predicted molar refractivity (Wildman–Crippen MR) is 250 cm³/mol. The van der Waals surface area contributed by atoms with E-state index in [4.69, 9.17) is 21.3 Å². The van der Waals surface area contributed by atoms with Gasteiger partial charge >= 0.3 is 0 Å². The second-order valence-electron chi connectivity index (χ2n) is 19.9. The molecule has 2 N–H and O–H groups in total. The van der Waals surface area contributed by atoms with Crippen LogP contribution in [0.5, 0.6) is 5.75 Å². The quantitative estimate of drug-likeness (QED) is 0.134. The first kappa shape index (κ1) is 43.3. The van der Waals surface area contributed by atoms with Crippen LogP contribution in [-0.4, -0.2) is 89.9 Å². The Morgan fingerprint density at radius 2 is 1.75 bits per heavy atom. The zero-order valence-electron chi connectivity index (χ0n) is 37.4. The zero-order valence-corrected chi connectivity index (χ0v) is 38.2. The molecule has 2 amide bonds. The number of nitrogens with one attached hydrogen (secondary N) is 2. The van der Waals surface area contributed by atoms with Crippen molar-refractivity contribution in [2.24, 2.45) is 5.92 Å². The van der Waals surface area contributed by atoms with Gasteiger partial charge in [0.05, 0.1) is 33.6 Å². The number of nitrogens with zero attached hydrogens (tertiary/aromatic N) is 4. The van der Waals surface area contributed by atoms with E-state index in [-0.39, 0.29) is 28.2 Å². The van der Waals surface area contributed by atoms with Gasteiger partial charge in [-0.3, -0.25) is 23.9 Å². The Morgan fingerprint density at radius 1 is 0.953 bits per heavy atom. The van der Waals surface area contributed by atoms with Gasteiger partial charge in [-0.25, -0.2) is 0 Å². The van der Waals surface area contributed by atoms with Gasteiger partial charge in [-0.2, -0.15) is 4.98 Å². The van der Waals surface area contributed by atoms with E-state index in [1.807, 2.05) is 18.2 Å². The number of fused-ring (bicyclic) bond motifs is 11. The summed E-state index contributed by atoms with van der Waals surface area (Å²) in [7, 11) is 1.59. The monoisotopic (exact) mass is 886 g/mol. The Morgan fingerprint density at radius 3 is 2.53 bits per heavy atom. The maximum atomic E-state index is 13.4. The molecule has 0 bridgehead atoms. The summed E-state index contributed by atoms with van der Waals surface area (Å²) >= 11 is 6.65. The summed E-state index contributed by atoms with van der Waals surface area (Å²) < 4.78 is 8.63. The van der Waals surface area contributed by atoms with E-state index in [2.05, 4.69) is 55.3 Å². The van der Waals surface area contributed by atoms with Gasteiger partial charge in [0.15, 0.2) is 0 Å². The SMILES string of the molecule is CNC(=O)CCCC=O.O=C1NCc2c1ccc1c2OCC12CCN(CC1CCC(N3CCCC(c4ccc5c(c4)-n4c(nc(=O)c6c(Cl)cccc64)C54CCCCC4)C3)CC1)CC2. The van der Waals surface area contributed by atoms with E-state index in [1.165, 1.54) is 80.4 Å². The van der Waals surface area contributed by atoms with Crippen molar-refractivity contribution in [2.75, 3.05) is 46.4 Å². The van der Waals surface area contributed by atoms with Gasteiger partial charge in [-0.05, 0) is 137 Å². The van der Waals surface area contributed by atoms with Crippen LogP contribution in [0.1, 0.15) is 147 Å². The number of aromatic nitrogens is 2. The maximum absolute atomic E-state index is 13.4. The van der Waals surface area contributed by atoms with Crippen molar-refractivity contribution < 1.29 is 19.1 Å². The molecule has 1 atom stereocenters. The lowest BCUT2D eigenvalue weighted by atomic mass is 9.69. The van der Waals surface area contributed by atoms with Crippen LogP contribution in [0.2, 0.25) is 5.02 Å². The van der Waals surface area contributed by atoms with Crippen LogP contribution in [-0.2, 0) is 27.0 Å².